The van der Waals surface area contributed by atoms with E-state index in [0.29, 0.717) is 4.88 Å². The largest absolute Gasteiger partial charge is 0.497 e. The number of benzene rings is 1. The molecule has 2 heterocycles. The molecule has 1 aliphatic heterocycles. The smallest absolute Gasteiger partial charge is 0.263 e. The zero-order valence-electron chi connectivity index (χ0n) is 12.2. The molecule has 1 saturated heterocycles. The predicted octanol–water partition coefficient (Wildman–Crippen LogP) is 2.33. The molecule has 2 N–H and O–H groups in total. The van der Waals surface area contributed by atoms with E-state index in [4.69, 9.17) is 4.74 Å². The van der Waals surface area contributed by atoms with Crippen molar-refractivity contribution >= 4 is 29.7 Å². The average molecular weight is 340 g/mol. The fourth-order valence-corrected chi connectivity index (χ4v) is 3.11. The summed E-state index contributed by atoms with van der Waals surface area (Å²) in [7, 11) is 1.64. The van der Waals surface area contributed by atoms with E-state index in [1.165, 1.54) is 11.3 Å². The van der Waals surface area contributed by atoms with E-state index in [1.54, 1.807) is 13.3 Å². The number of amides is 1. The number of halogens is 1. The number of nitrogens with one attached hydrogen (secondary N) is 2. The van der Waals surface area contributed by atoms with Crippen LogP contribution in [-0.4, -0.2) is 37.1 Å². The Kier molecular flexibility index (Phi) is 5.76. The molecule has 7 heteroatoms. The van der Waals surface area contributed by atoms with Crippen LogP contribution in [0.1, 0.15) is 16.1 Å². The number of hydrogen-bond donors (Lipinski definition) is 2. The Hall–Kier alpha value is -1.63. The molecule has 1 unspecified atom stereocenters. The number of rotatable bonds is 4. The SMILES string of the molecule is COc1ccc(-c2ncc(C(=O)NC3CCNC3)s2)cc1.Cl. The lowest BCUT2D eigenvalue weighted by Gasteiger charge is -2.09. The molecule has 1 atom stereocenters. The van der Waals surface area contributed by atoms with Gasteiger partial charge in [-0.25, -0.2) is 4.98 Å². The second kappa shape index (κ2) is 7.58. The predicted molar refractivity (Wildman–Crippen MR) is 90.1 cm³/mol. The molecule has 0 bridgehead atoms. The number of hydrogen-bond acceptors (Lipinski definition) is 5. The van der Waals surface area contributed by atoms with Crippen LogP contribution in [0.5, 0.6) is 5.75 Å². The first-order valence-corrected chi connectivity index (χ1v) is 7.70. The highest BCUT2D eigenvalue weighted by atomic mass is 35.5. The number of thiazole rings is 1. The van der Waals surface area contributed by atoms with Crippen LogP contribution in [0.25, 0.3) is 10.6 Å². The van der Waals surface area contributed by atoms with Crippen molar-refractivity contribution in [3.63, 3.8) is 0 Å². The number of nitrogens with zero attached hydrogens (tertiary/aromatic N) is 1. The monoisotopic (exact) mass is 339 g/mol. The molecule has 1 aromatic carbocycles. The lowest BCUT2D eigenvalue weighted by atomic mass is 10.2. The van der Waals surface area contributed by atoms with Crippen LogP contribution in [-0.2, 0) is 0 Å². The third-order valence-corrected chi connectivity index (χ3v) is 4.51. The summed E-state index contributed by atoms with van der Waals surface area (Å²) in [6, 6.07) is 7.89. The lowest BCUT2D eigenvalue weighted by Crippen LogP contribution is -2.35. The van der Waals surface area contributed by atoms with Crippen LogP contribution in [0.4, 0.5) is 0 Å². The first kappa shape index (κ1) is 16.7. The Labute approximate surface area is 139 Å². The molecule has 1 aromatic heterocycles. The van der Waals surface area contributed by atoms with Crippen LogP contribution in [0, 0.1) is 0 Å². The number of ether oxygens (including phenoxy) is 1. The van der Waals surface area contributed by atoms with Crippen molar-refractivity contribution in [1.82, 2.24) is 15.6 Å². The third-order valence-electron chi connectivity index (χ3n) is 3.46. The molecule has 22 heavy (non-hydrogen) atoms. The molecule has 1 aliphatic rings. The van der Waals surface area contributed by atoms with Crippen molar-refractivity contribution in [2.24, 2.45) is 0 Å². The zero-order chi connectivity index (χ0) is 14.7. The Morgan fingerprint density at radius 2 is 2.18 bits per heavy atom. The molecule has 118 valence electrons. The summed E-state index contributed by atoms with van der Waals surface area (Å²) in [5, 5.41) is 7.10. The number of carbonyl (C=O) groups excluding carboxylic acids is 1. The van der Waals surface area contributed by atoms with Crippen molar-refractivity contribution in [2.75, 3.05) is 20.2 Å². The molecule has 2 aromatic rings. The van der Waals surface area contributed by atoms with Gasteiger partial charge in [-0.1, -0.05) is 0 Å². The highest BCUT2D eigenvalue weighted by molar-refractivity contribution is 7.16. The summed E-state index contributed by atoms with van der Waals surface area (Å²) < 4.78 is 5.14. The highest BCUT2D eigenvalue weighted by Gasteiger charge is 2.19. The van der Waals surface area contributed by atoms with Gasteiger partial charge in [0.25, 0.3) is 5.91 Å². The van der Waals surface area contributed by atoms with E-state index in [9.17, 15) is 4.79 Å². The first-order valence-electron chi connectivity index (χ1n) is 6.88. The van der Waals surface area contributed by atoms with E-state index in [-0.39, 0.29) is 24.4 Å². The van der Waals surface area contributed by atoms with Crippen LogP contribution in [0.3, 0.4) is 0 Å². The summed E-state index contributed by atoms with van der Waals surface area (Å²) in [6.45, 7) is 1.81. The van der Waals surface area contributed by atoms with E-state index in [0.717, 1.165) is 35.8 Å². The van der Waals surface area contributed by atoms with Gasteiger partial charge >= 0.3 is 0 Å². The van der Waals surface area contributed by atoms with Crippen molar-refractivity contribution in [2.45, 2.75) is 12.5 Å². The second-order valence-corrected chi connectivity index (χ2v) is 5.95. The molecule has 1 fully saturated rings. The molecule has 5 nitrogen and oxygen atoms in total. The van der Waals surface area contributed by atoms with Crippen molar-refractivity contribution < 1.29 is 9.53 Å². The fourth-order valence-electron chi connectivity index (χ4n) is 2.28. The fraction of sp³-hybridized carbons (Fsp3) is 0.333. The average Bonchev–Trinajstić information content (AvgIpc) is 3.18. The molecule has 1 amide bonds. The normalized spacial score (nSPS) is 16.9. The maximum atomic E-state index is 12.2. The Morgan fingerprint density at radius 3 is 2.82 bits per heavy atom. The maximum absolute atomic E-state index is 12.2. The van der Waals surface area contributed by atoms with Gasteiger partial charge in [0.15, 0.2) is 0 Å². The van der Waals surface area contributed by atoms with Gasteiger partial charge in [0.1, 0.15) is 15.6 Å². The van der Waals surface area contributed by atoms with Crippen LogP contribution in [0.15, 0.2) is 30.5 Å². The summed E-state index contributed by atoms with van der Waals surface area (Å²) >= 11 is 1.41. The summed E-state index contributed by atoms with van der Waals surface area (Å²) in [5.74, 6) is 0.767. The number of carbonyl (C=O) groups is 1. The minimum absolute atomic E-state index is 0. The first-order chi connectivity index (χ1) is 10.3. The minimum atomic E-state index is -0.0408. The molecule has 0 radical (unpaired) electrons. The van der Waals surface area contributed by atoms with Gasteiger partial charge in [0, 0.05) is 18.2 Å². The van der Waals surface area contributed by atoms with E-state index in [2.05, 4.69) is 15.6 Å². The second-order valence-electron chi connectivity index (χ2n) is 4.92. The molecule has 0 spiro atoms. The van der Waals surface area contributed by atoms with E-state index >= 15 is 0 Å². The van der Waals surface area contributed by atoms with Gasteiger partial charge in [-0.05, 0) is 37.2 Å². The zero-order valence-corrected chi connectivity index (χ0v) is 13.8. The third kappa shape index (κ3) is 3.76. The van der Waals surface area contributed by atoms with Crippen molar-refractivity contribution in [3.05, 3.63) is 35.3 Å². The molecule has 3 rings (SSSR count). The summed E-state index contributed by atoms with van der Waals surface area (Å²) in [6.07, 6.45) is 2.62. The van der Waals surface area contributed by atoms with Gasteiger partial charge in [-0.15, -0.1) is 23.7 Å². The highest BCUT2D eigenvalue weighted by Crippen LogP contribution is 2.26. The van der Waals surface area contributed by atoms with Gasteiger partial charge < -0.3 is 15.4 Å². The topological polar surface area (TPSA) is 63.2 Å². The van der Waals surface area contributed by atoms with Crippen molar-refractivity contribution in [3.8, 4) is 16.3 Å². The molecule has 0 saturated carbocycles. The van der Waals surface area contributed by atoms with Gasteiger partial charge in [-0.3, -0.25) is 4.79 Å². The Bertz CT molecular complexity index is 624. The Balaban J connectivity index is 0.00000176. The summed E-state index contributed by atoms with van der Waals surface area (Å²) in [5.41, 5.74) is 0.988. The van der Waals surface area contributed by atoms with E-state index in [1.807, 2.05) is 24.3 Å². The van der Waals surface area contributed by atoms with E-state index < -0.39 is 0 Å². The molecular formula is C15H18ClN3O2S. The van der Waals surface area contributed by atoms with Crippen LogP contribution >= 0.6 is 23.7 Å². The lowest BCUT2D eigenvalue weighted by molar-refractivity contribution is 0.0944. The molecule has 0 aliphatic carbocycles. The standard InChI is InChI=1S/C15H17N3O2S.ClH/c1-20-12-4-2-10(3-5-12)15-17-9-13(21-15)14(19)18-11-6-7-16-8-11;/h2-5,9,11,16H,6-8H2,1H3,(H,18,19);1H. The van der Waals surface area contributed by atoms with Gasteiger partial charge in [-0.2, -0.15) is 0 Å². The van der Waals surface area contributed by atoms with Gasteiger partial charge in [0.2, 0.25) is 0 Å². The number of methoxy groups -OCH3 is 1. The maximum Gasteiger partial charge on any atom is 0.263 e. The van der Waals surface area contributed by atoms with Crippen LogP contribution in [0.2, 0.25) is 0 Å². The van der Waals surface area contributed by atoms with Crippen LogP contribution < -0.4 is 15.4 Å². The van der Waals surface area contributed by atoms with Crippen molar-refractivity contribution in [1.29, 1.82) is 0 Å². The quantitative estimate of drug-likeness (QED) is 0.897. The van der Waals surface area contributed by atoms with Gasteiger partial charge in [0.05, 0.1) is 13.3 Å². The number of aromatic nitrogens is 1. The summed E-state index contributed by atoms with van der Waals surface area (Å²) in [4.78, 5) is 17.1. The minimum Gasteiger partial charge on any atom is -0.497 e. The molecular weight excluding hydrogens is 322 g/mol. The Morgan fingerprint density at radius 1 is 1.41 bits per heavy atom.